The summed E-state index contributed by atoms with van der Waals surface area (Å²) >= 11 is 0. The average Bonchev–Trinajstić information content (AvgIpc) is 2.84. The topological polar surface area (TPSA) is 55.6 Å². The number of amides is 1. The smallest absolute Gasteiger partial charge is 0.414 e. The molecule has 0 bridgehead atoms. The van der Waals surface area contributed by atoms with Crippen molar-refractivity contribution in [3.8, 4) is 0 Å². The number of nitrogens with two attached hydrogens (primary N) is 1. The molecule has 2 aliphatic rings. The summed E-state index contributed by atoms with van der Waals surface area (Å²) in [4.78, 5) is 14.0. The summed E-state index contributed by atoms with van der Waals surface area (Å²) in [6.45, 7) is 4.27. The van der Waals surface area contributed by atoms with Crippen LogP contribution in [0.25, 0.3) is 0 Å². The molecule has 4 heteroatoms. The van der Waals surface area contributed by atoms with Crippen LogP contribution in [0, 0.1) is 0 Å². The average molecular weight is 274 g/mol. The van der Waals surface area contributed by atoms with Crippen LogP contribution in [0.1, 0.15) is 49.4 Å². The van der Waals surface area contributed by atoms with Gasteiger partial charge >= 0.3 is 6.09 Å². The maximum Gasteiger partial charge on any atom is 0.414 e. The monoisotopic (exact) mass is 274 g/mol. The van der Waals surface area contributed by atoms with Gasteiger partial charge in [0.15, 0.2) is 0 Å². The van der Waals surface area contributed by atoms with E-state index in [4.69, 9.17) is 10.5 Å². The third-order valence-electron chi connectivity index (χ3n) is 4.40. The quantitative estimate of drug-likeness (QED) is 0.856. The zero-order valence-electron chi connectivity index (χ0n) is 12.2. The number of rotatable bonds is 1. The van der Waals surface area contributed by atoms with Gasteiger partial charge in [-0.1, -0.05) is 6.07 Å². The van der Waals surface area contributed by atoms with Crippen molar-refractivity contribution in [2.45, 2.75) is 51.6 Å². The first-order valence-electron chi connectivity index (χ1n) is 7.49. The summed E-state index contributed by atoms with van der Waals surface area (Å²) in [6.07, 6.45) is 3.95. The summed E-state index contributed by atoms with van der Waals surface area (Å²) in [5.41, 5.74) is 11.1. The number of ether oxygens (including phenoxy) is 1. The second-order valence-electron chi connectivity index (χ2n) is 5.79. The molecule has 1 aromatic carbocycles. The summed E-state index contributed by atoms with van der Waals surface area (Å²) < 4.78 is 5.21. The highest BCUT2D eigenvalue weighted by molar-refractivity contribution is 5.90. The number of nitrogens with zero attached hydrogens (tertiary/aromatic N) is 1. The minimum absolute atomic E-state index is 0.0107. The zero-order valence-corrected chi connectivity index (χ0v) is 12.2. The molecule has 0 radical (unpaired) electrons. The normalized spacial score (nSPS) is 24.2. The summed E-state index contributed by atoms with van der Waals surface area (Å²) in [5, 5.41) is 0. The van der Waals surface area contributed by atoms with Crippen molar-refractivity contribution in [1.29, 1.82) is 0 Å². The van der Waals surface area contributed by atoms with E-state index in [0.717, 1.165) is 30.5 Å². The number of hydrogen-bond donors (Lipinski definition) is 1. The van der Waals surface area contributed by atoms with Gasteiger partial charge in [0.05, 0.1) is 12.3 Å². The fourth-order valence-corrected chi connectivity index (χ4v) is 3.44. The van der Waals surface area contributed by atoms with Crippen molar-refractivity contribution in [2.24, 2.45) is 5.73 Å². The van der Waals surface area contributed by atoms with Crippen LogP contribution in [0.3, 0.4) is 0 Å². The second kappa shape index (κ2) is 5.09. The number of anilines is 1. The van der Waals surface area contributed by atoms with Crippen molar-refractivity contribution < 1.29 is 9.53 Å². The van der Waals surface area contributed by atoms with Crippen molar-refractivity contribution in [2.75, 3.05) is 11.5 Å². The summed E-state index contributed by atoms with van der Waals surface area (Å²) in [7, 11) is 0. The summed E-state index contributed by atoms with van der Waals surface area (Å²) in [6, 6.07) is 4.46. The van der Waals surface area contributed by atoms with Crippen LogP contribution in [0.5, 0.6) is 0 Å². The Morgan fingerprint density at radius 3 is 2.80 bits per heavy atom. The molecule has 0 saturated carbocycles. The number of carbonyl (C=O) groups excluding carboxylic acids is 1. The van der Waals surface area contributed by atoms with Gasteiger partial charge in [-0.05, 0) is 62.3 Å². The lowest BCUT2D eigenvalue weighted by molar-refractivity contribution is 0.156. The molecule has 4 nitrogen and oxygen atoms in total. The third kappa shape index (κ3) is 2.08. The van der Waals surface area contributed by atoms with E-state index < -0.39 is 0 Å². The van der Waals surface area contributed by atoms with E-state index in [9.17, 15) is 4.79 Å². The maximum absolute atomic E-state index is 12.2. The Balaban J connectivity index is 2.06. The Labute approximate surface area is 119 Å². The lowest BCUT2D eigenvalue weighted by Gasteiger charge is -2.37. The fraction of sp³-hybridized carbons (Fsp3) is 0.562. The summed E-state index contributed by atoms with van der Waals surface area (Å²) in [5.74, 6) is 0. The molecule has 0 aromatic heterocycles. The molecule has 3 rings (SSSR count). The van der Waals surface area contributed by atoms with Crippen molar-refractivity contribution >= 4 is 11.8 Å². The second-order valence-corrected chi connectivity index (χ2v) is 5.79. The molecule has 0 saturated heterocycles. The van der Waals surface area contributed by atoms with Crippen LogP contribution < -0.4 is 10.6 Å². The first kappa shape index (κ1) is 13.4. The molecule has 1 aliphatic heterocycles. The van der Waals surface area contributed by atoms with Gasteiger partial charge in [0.2, 0.25) is 0 Å². The van der Waals surface area contributed by atoms with Crippen LogP contribution in [-0.4, -0.2) is 18.7 Å². The van der Waals surface area contributed by atoms with E-state index in [1.54, 1.807) is 4.90 Å². The SMILES string of the molecule is CCOC(=O)N1c2cc3c(cc2C(N)CC1C)CCC3. The minimum atomic E-state index is -0.258. The van der Waals surface area contributed by atoms with Gasteiger partial charge in [-0.3, -0.25) is 4.90 Å². The van der Waals surface area contributed by atoms with E-state index in [-0.39, 0.29) is 18.2 Å². The molecule has 20 heavy (non-hydrogen) atoms. The van der Waals surface area contributed by atoms with Gasteiger partial charge in [0, 0.05) is 12.1 Å². The standard InChI is InChI=1S/C16H22N2O2/c1-3-20-16(19)18-10(2)7-14(17)13-8-11-5-4-6-12(11)9-15(13)18/h8-10,14H,3-7,17H2,1-2H3. The molecule has 0 spiro atoms. The Bertz CT molecular complexity index is 542. The molecule has 1 aliphatic carbocycles. The molecule has 108 valence electrons. The fourth-order valence-electron chi connectivity index (χ4n) is 3.44. The van der Waals surface area contributed by atoms with Gasteiger partial charge in [-0.25, -0.2) is 4.79 Å². The van der Waals surface area contributed by atoms with Crippen LogP contribution in [-0.2, 0) is 17.6 Å². The molecule has 0 fully saturated rings. The molecular formula is C16H22N2O2. The molecule has 1 heterocycles. The minimum Gasteiger partial charge on any atom is -0.449 e. The molecular weight excluding hydrogens is 252 g/mol. The molecule has 2 N–H and O–H groups in total. The lowest BCUT2D eigenvalue weighted by atomic mass is 9.90. The van der Waals surface area contributed by atoms with Crippen molar-refractivity contribution in [3.63, 3.8) is 0 Å². The van der Waals surface area contributed by atoms with E-state index in [1.807, 2.05) is 13.8 Å². The highest BCUT2D eigenvalue weighted by atomic mass is 16.6. The Kier molecular flexibility index (Phi) is 3.42. The molecule has 2 unspecified atom stereocenters. The van der Waals surface area contributed by atoms with Crippen LogP contribution in [0.15, 0.2) is 12.1 Å². The van der Waals surface area contributed by atoms with Crippen LogP contribution in [0.4, 0.5) is 10.5 Å². The maximum atomic E-state index is 12.2. The highest BCUT2D eigenvalue weighted by Gasteiger charge is 2.34. The van der Waals surface area contributed by atoms with Gasteiger partial charge < -0.3 is 10.5 Å². The largest absolute Gasteiger partial charge is 0.449 e. The number of aryl methyl sites for hydroxylation is 2. The predicted octanol–water partition coefficient (Wildman–Crippen LogP) is 2.93. The number of hydrogen-bond acceptors (Lipinski definition) is 3. The highest BCUT2D eigenvalue weighted by Crippen LogP contribution is 2.40. The van der Waals surface area contributed by atoms with E-state index in [2.05, 4.69) is 12.1 Å². The molecule has 1 amide bonds. The van der Waals surface area contributed by atoms with Crippen LogP contribution in [0.2, 0.25) is 0 Å². The van der Waals surface area contributed by atoms with Crippen molar-refractivity contribution in [1.82, 2.24) is 0 Å². The Morgan fingerprint density at radius 2 is 2.10 bits per heavy atom. The molecule has 2 atom stereocenters. The van der Waals surface area contributed by atoms with E-state index in [1.165, 1.54) is 17.5 Å². The van der Waals surface area contributed by atoms with Gasteiger partial charge in [0.1, 0.15) is 0 Å². The van der Waals surface area contributed by atoms with Gasteiger partial charge in [-0.2, -0.15) is 0 Å². The Hall–Kier alpha value is -1.55. The Morgan fingerprint density at radius 1 is 1.40 bits per heavy atom. The number of fused-ring (bicyclic) bond motifs is 2. The molecule has 1 aromatic rings. The first-order valence-corrected chi connectivity index (χ1v) is 7.49. The third-order valence-corrected chi connectivity index (χ3v) is 4.40. The number of benzene rings is 1. The van der Waals surface area contributed by atoms with Gasteiger partial charge in [0.25, 0.3) is 0 Å². The van der Waals surface area contributed by atoms with Crippen molar-refractivity contribution in [3.05, 3.63) is 28.8 Å². The van der Waals surface area contributed by atoms with Crippen LogP contribution >= 0.6 is 0 Å². The first-order chi connectivity index (χ1) is 9.61. The lowest BCUT2D eigenvalue weighted by Crippen LogP contribution is -2.45. The predicted molar refractivity (Wildman–Crippen MR) is 79.0 cm³/mol. The number of carbonyl (C=O) groups is 1. The van der Waals surface area contributed by atoms with E-state index in [0.29, 0.717) is 6.61 Å². The van der Waals surface area contributed by atoms with Gasteiger partial charge in [-0.15, -0.1) is 0 Å². The zero-order chi connectivity index (χ0) is 14.3. The van der Waals surface area contributed by atoms with E-state index >= 15 is 0 Å².